The number of ether oxygens (including phenoxy) is 1. The number of rotatable bonds is 2. The van der Waals surface area contributed by atoms with Crippen LogP contribution in [0.5, 0.6) is 5.75 Å². The number of furan rings is 1. The number of fused-ring (bicyclic) bond motifs is 3. The van der Waals surface area contributed by atoms with Gasteiger partial charge in [-0.05, 0) is 41.1 Å². The van der Waals surface area contributed by atoms with E-state index in [1.807, 2.05) is 30.3 Å². The zero-order valence-corrected chi connectivity index (χ0v) is 15.5. The molecule has 0 bridgehead atoms. The average Bonchev–Trinajstić information content (AvgIpc) is 3.32. The van der Waals surface area contributed by atoms with Crippen LogP contribution < -0.4 is 4.74 Å². The van der Waals surface area contributed by atoms with E-state index in [9.17, 15) is 0 Å². The van der Waals surface area contributed by atoms with E-state index in [0.717, 1.165) is 44.0 Å². The summed E-state index contributed by atoms with van der Waals surface area (Å²) >= 11 is 5.23. The molecule has 1 aliphatic rings. The Balaban J connectivity index is 1.73. The van der Waals surface area contributed by atoms with Gasteiger partial charge in [0.05, 0.1) is 0 Å². The molecular formula is C21H13BrO2S. The first-order valence-electron chi connectivity index (χ1n) is 7.97. The molecule has 1 atom stereocenters. The number of halogens is 1. The summed E-state index contributed by atoms with van der Waals surface area (Å²) in [4.78, 5) is 0. The van der Waals surface area contributed by atoms with Crippen LogP contribution in [-0.2, 0) is 0 Å². The largest absolute Gasteiger partial charge is 0.477 e. The first kappa shape index (κ1) is 15.0. The van der Waals surface area contributed by atoms with Crippen molar-refractivity contribution in [1.82, 2.24) is 0 Å². The molecule has 1 unspecified atom stereocenters. The molecule has 1 aliphatic heterocycles. The van der Waals surface area contributed by atoms with Crippen LogP contribution in [0, 0.1) is 0 Å². The number of benzene rings is 2. The SMILES string of the molecule is Brc1ccc2c(c1)-c1cc(-c3ccccc3)oc1C(c1ccsc1)O2. The Labute approximate surface area is 157 Å². The first-order chi connectivity index (χ1) is 12.3. The Hall–Kier alpha value is -2.30. The Morgan fingerprint density at radius 3 is 2.60 bits per heavy atom. The van der Waals surface area contributed by atoms with E-state index in [4.69, 9.17) is 9.15 Å². The summed E-state index contributed by atoms with van der Waals surface area (Å²) in [5.74, 6) is 2.61. The molecule has 2 aromatic heterocycles. The smallest absolute Gasteiger partial charge is 0.183 e. The molecule has 0 saturated heterocycles. The lowest BCUT2D eigenvalue weighted by molar-refractivity contribution is 0.212. The summed E-state index contributed by atoms with van der Waals surface area (Å²) < 4.78 is 13.6. The summed E-state index contributed by atoms with van der Waals surface area (Å²) in [6, 6.07) is 20.5. The molecule has 122 valence electrons. The van der Waals surface area contributed by atoms with Gasteiger partial charge in [0.2, 0.25) is 0 Å². The molecule has 2 aromatic carbocycles. The van der Waals surface area contributed by atoms with E-state index >= 15 is 0 Å². The van der Waals surface area contributed by atoms with E-state index < -0.39 is 0 Å². The van der Waals surface area contributed by atoms with Crippen LogP contribution in [0.3, 0.4) is 0 Å². The minimum atomic E-state index is -0.215. The van der Waals surface area contributed by atoms with Gasteiger partial charge in [0, 0.05) is 26.7 Å². The fourth-order valence-corrected chi connectivity index (χ4v) is 4.23. The van der Waals surface area contributed by atoms with E-state index in [1.54, 1.807) is 11.3 Å². The molecule has 4 aromatic rings. The maximum atomic E-state index is 6.30. The molecule has 5 rings (SSSR count). The topological polar surface area (TPSA) is 22.4 Å². The molecule has 0 aliphatic carbocycles. The van der Waals surface area contributed by atoms with Crippen molar-refractivity contribution in [2.45, 2.75) is 6.10 Å². The van der Waals surface area contributed by atoms with Crippen LogP contribution in [0.15, 0.2) is 80.3 Å². The number of hydrogen-bond donors (Lipinski definition) is 0. The molecule has 2 nitrogen and oxygen atoms in total. The van der Waals surface area contributed by atoms with Crippen molar-refractivity contribution >= 4 is 27.3 Å². The van der Waals surface area contributed by atoms with Crippen molar-refractivity contribution in [2.24, 2.45) is 0 Å². The second-order valence-electron chi connectivity index (χ2n) is 5.95. The third-order valence-electron chi connectivity index (χ3n) is 4.38. The van der Waals surface area contributed by atoms with Crippen LogP contribution in [0.1, 0.15) is 17.4 Å². The number of thiophene rings is 1. The van der Waals surface area contributed by atoms with Crippen LogP contribution in [0.2, 0.25) is 0 Å². The highest BCUT2D eigenvalue weighted by Crippen LogP contribution is 2.48. The predicted octanol–water partition coefficient (Wildman–Crippen LogP) is 6.92. The van der Waals surface area contributed by atoms with Crippen molar-refractivity contribution in [3.8, 4) is 28.2 Å². The molecule has 0 N–H and O–H groups in total. The standard InChI is InChI=1S/C21H13BrO2S/c22-15-6-7-18-16(10-15)17-11-19(13-4-2-1-3-5-13)24-21(17)20(23-18)14-8-9-25-12-14/h1-12,20H. The minimum absolute atomic E-state index is 0.215. The Kier molecular flexibility index (Phi) is 3.54. The Morgan fingerprint density at radius 2 is 1.80 bits per heavy atom. The van der Waals surface area contributed by atoms with Crippen molar-refractivity contribution in [3.63, 3.8) is 0 Å². The highest BCUT2D eigenvalue weighted by molar-refractivity contribution is 9.10. The highest BCUT2D eigenvalue weighted by atomic mass is 79.9. The summed E-state index contributed by atoms with van der Waals surface area (Å²) in [5.41, 5.74) is 4.34. The van der Waals surface area contributed by atoms with Crippen molar-refractivity contribution in [3.05, 3.63) is 87.2 Å². The van der Waals surface area contributed by atoms with Gasteiger partial charge >= 0.3 is 0 Å². The zero-order chi connectivity index (χ0) is 16.8. The van der Waals surface area contributed by atoms with Crippen LogP contribution in [0.4, 0.5) is 0 Å². The third kappa shape index (κ3) is 2.53. The fourth-order valence-electron chi connectivity index (χ4n) is 3.19. The lowest BCUT2D eigenvalue weighted by Crippen LogP contribution is -2.13. The summed E-state index contributed by atoms with van der Waals surface area (Å²) in [6.45, 7) is 0. The highest BCUT2D eigenvalue weighted by Gasteiger charge is 2.32. The van der Waals surface area contributed by atoms with E-state index in [0.29, 0.717) is 0 Å². The second-order valence-corrected chi connectivity index (χ2v) is 7.65. The lowest BCUT2D eigenvalue weighted by atomic mass is 9.97. The molecular weight excluding hydrogens is 396 g/mol. The summed E-state index contributed by atoms with van der Waals surface area (Å²) in [7, 11) is 0. The summed E-state index contributed by atoms with van der Waals surface area (Å²) in [5, 5.41) is 4.18. The first-order valence-corrected chi connectivity index (χ1v) is 9.71. The Bertz CT molecular complexity index is 1040. The van der Waals surface area contributed by atoms with Crippen LogP contribution >= 0.6 is 27.3 Å². The maximum absolute atomic E-state index is 6.30. The van der Waals surface area contributed by atoms with Crippen molar-refractivity contribution in [2.75, 3.05) is 0 Å². The van der Waals surface area contributed by atoms with E-state index in [2.05, 4.69) is 57.0 Å². The van der Waals surface area contributed by atoms with Gasteiger partial charge in [0.15, 0.2) is 11.9 Å². The zero-order valence-electron chi connectivity index (χ0n) is 13.1. The Morgan fingerprint density at radius 1 is 0.920 bits per heavy atom. The van der Waals surface area contributed by atoms with Gasteiger partial charge < -0.3 is 9.15 Å². The van der Waals surface area contributed by atoms with Crippen LogP contribution in [0.25, 0.3) is 22.5 Å². The molecule has 0 spiro atoms. The lowest BCUT2D eigenvalue weighted by Gasteiger charge is -2.24. The van der Waals surface area contributed by atoms with Gasteiger partial charge in [-0.2, -0.15) is 11.3 Å². The molecule has 3 heterocycles. The predicted molar refractivity (Wildman–Crippen MR) is 104 cm³/mol. The average molecular weight is 409 g/mol. The van der Waals surface area contributed by atoms with Gasteiger partial charge in [0.1, 0.15) is 11.5 Å². The molecule has 0 amide bonds. The van der Waals surface area contributed by atoms with Gasteiger partial charge in [-0.25, -0.2) is 0 Å². The molecule has 0 saturated carbocycles. The minimum Gasteiger partial charge on any atom is -0.477 e. The number of hydrogen-bond acceptors (Lipinski definition) is 3. The van der Waals surface area contributed by atoms with Gasteiger partial charge in [0.25, 0.3) is 0 Å². The summed E-state index contributed by atoms with van der Waals surface area (Å²) in [6.07, 6.45) is -0.215. The fraction of sp³-hybridized carbons (Fsp3) is 0.0476. The van der Waals surface area contributed by atoms with E-state index in [1.165, 1.54) is 0 Å². The van der Waals surface area contributed by atoms with Gasteiger partial charge in [-0.3, -0.25) is 0 Å². The third-order valence-corrected chi connectivity index (χ3v) is 5.57. The van der Waals surface area contributed by atoms with Crippen LogP contribution in [-0.4, -0.2) is 0 Å². The molecule has 4 heteroatoms. The molecule has 0 radical (unpaired) electrons. The van der Waals surface area contributed by atoms with Crippen molar-refractivity contribution < 1.29 is 9.15 Å². The quantitative estimate of drug-likeness (QED) is 0.359. The monoisotopic (exact) mass is 408 g/mol. The second kappa shape index (κ2) is 5.90. The van der Waals surface area contributed by atoms with Gasteiger partial charge in [-0.1, -0.05) is 46.3 Å². The van der Waals surface area contributed by atoms with Crippen molar-refractivity contribution in [1.29, 1.82) is 0 Å². The van der Waals surface area contributed by atoms with Gasteiger partial charge in [-0.15, -0.1) is 0 Å². The normalized spacial score (nSPS) is 15.3. The molecule has 25 heavy (non-hydrogen) atoms. The van der Waals surface area contributed by atoms with E-state index in [-0.39, 0.29) is 6.10 Å². The maximum Gasteiger partial charge on any atom is 0.183 e. The molecule has 0 fully saturated rings.